The van der Waals surface area contributed by atoms with Crippen molar-refractivity contribution >= 4 is 33.7 Å². The largest absolute Gasteiger partial charge is 0.490 e. The second-order valence-corrected chi connectivity index (χ2v) is 9.90. The van der Waals surface area contributed by atoms with E-state index in [0.29, 0.717) is 28.5 Å². The predicted octanol–water partition coefficient (Wildman–Crippen LogP) is 5.61. The van der Waals surface area contributed by atoms with Crippen LogP contribution in [0.2, 0.25) is 0 Å². The zero-order valence-corrected chi connectivity index (χ0v) is 20.8. The summed E-state index contributed by atoms with van der Waals surface area (Å²) < 4.78 is 12.4. The lowest BCUT2D eigenvalue weighted by Crippen LogP contribution is -2.22. The van der Waals surface area contributed by atoms with Crippen LogP contribution in [0, 0.1) is 27.4 Å². The number of fused-ring (bicyclic) bond motifs is 1. The van der Waals surface area contributed by atoms with Gasteiger partial charge < -0.3 is 9.47 Å². The van der Waals surface area contributed by atoms with Crippen molar-refractivity contribution in [2.24, 2.45) is 22.4 Å². The number of nitrogens with zero attached hydrogens (tertiary/aromatic N) is 2. The lowest BCUT2D eigenvalue weighted by atomic mass is 9.90. The van der Waals surface area contributed by atoms with Gasteiger partial charge >= 0.3 is 0 Å². The number of nitrogens with one attached hydrogen (secondary N) is 1. The molecule has 1 amide bonds. The molecule has 2 aromatic rings. The van der Waals surface area contributed by atoms with E-state index in [1.54, 1.807) is 24.4 Å². The fraction of sp³-hybridized carbons (Fsp3) is 0.440. The van der Waals surface area contributed by atoms with Crippen molar-refractivity contribution in [2.45, 2.75) is 46.1 Å². The maximum Gasteiger partial charge on any atom is 0.269 e. The second kappa shape index (κ2) is 10.1. The number of carbonyl (C=O) groups excluding carboxylic acids is 1. The molecule has 9 heteroatoms. The normalized spacial score (nSPS) is 23.3. The molecule has 1 N–H and O–H groups in total. The number of hydrogen-bond donors (Lipinski definition) is 1. The van der Waals surface area contributed by atoms with Crippen molar-refractivity contribution < 1.29 is 19.2 Å². The molecule has 0 aliphatic heterocycles. The number of non-ortho nitro benzene ring substituents is 1. The number of halogens is 1. The van der Waals surface area contributed by atoms with Crippen LogP contribution in [0.3, 0.4) is 0 Å². The molecule has 2 aliphatic rings. The number of amides is 1. The van der Waals surface area contributed by atoms with E-state index in [1.165, 1.54) is 25.0 Å². The maximum absolute atomic E-state index is 12.6. The molecule has 180 valence electrons. The minimum absolute atomic E-state index is 0.00204. The number of nitro groups is 1. The fourth-order valence-corrected chi connectivity index (χ4v) is 5.60. The van der Waals surface area contributed by atoms with Gasteiger partial charge in [0.1, 0.15) is 6.61 Å². The van der Waals surface area contributed by atoms with Gasteiger partial charge in [-0.25, -0.2) is 5.43 Å². The first-order valence-corrected chi connectivity index (χ1v) is 12.3. The first-order chi connectivity index (χ1) is 16.3. The van der Waals surface area contributed by atoms with Gasteiger partial charge in [0.2, 0.25) is 5.91 Å². The number of ether oxygens (including phenoxy) is 2. The van der Waals surface area contributed by atoms with E-state index < -0.39 is 4.92 Å². The number of benzene rings is 2. The SMILES string of the molecule is CCOc1cc(/C=N\NC(=O)[C@@H]2[C@H]3CCCC[C@]32C)cc(Br)c1OCc1ccc([N+](=O)[O-])cc1. The van der Waals surface area contributed by atoms with E-state index >= 15 is 0 Å². The lowest BCUT2D eigenvalue weighted by molar-refractivity contribution is -0.384. The Morgan fingerprint density at radius 2 is 2.06 bits per heavy atom. The predicted molar refractivity (Wildman–Crippen MR) is 132 cm³/mol. The third-order valence-electron chi connectivity index (χ3n) is 6.86. The molecule has 3 atom stereocenters. The number of hydrogen-bond acceptors (Lipinski definition) is 6. The molecular weight excluding hydrogens is 502 g/mol. The van der Waals surface area contributed by atoms with Crippen LogP contribution in [0.1, 0.15) is 50.7 Å². The van der Waals surface area contributed by atoms with Gasteiger partial charge in [-0.1, -0.05) is 19.8 Å². The summed E-state index contributed by atoms with van der Waals surface area (Å²) in [7, 11) is 0. The second-order valence-electron chi connectivity index (χ2n) is 9.05. The van der Waals surface area contributed by atoms with Gasteiger partial charge in [0.05, 0.1) is 22.2 Å². The zero-order valence-electron chi connectivity index (χ0n) is 19.3. The van der Waals surface area contributed by atoms with Crippen LogP contribution < -0.4 is 14.9 Å². The van der Waals surface area contributed by atoms with E-state index in [0.717, 1.165) is 24.0 Å². The van der Waals surface area contributed by atoms with Crippen molar-refractivity contribution in [3.63, 3.8) is 0 Å². The summed E-state index contributed by atoms with van der Waals surface area (Å²) in [6, 6.07) is 9.85. The number of nitro benzene ring substituents is 1. The number of rotatable bonds is 9. The van der Waals surface area contributed by atoms with Gasteiger partial charge in [0, 0.05) is 18.1 Å². The van der Waals surface area contributed by atoms with Gasteiger partial charge in [0.15, 0.2) is 11.5 Å². The molecule has 0 saturated heterocycles. The summed E-state index contributed by atoms with van der Waals surface area (Å²) in [6.07, 6.45) is 6.25. The Balaban J connectivity index is 1.41. The Morgan fingerprint density at radius 1 is 1.29 bits per heavy atom. The zero-order chi connectivity index (χ0) is 24.3. The van der Waals surface area contributed by atoms with Crippen molar-refractivity contribution in [3.05, 3.63) is 62.1 Å². The van der Waals surface area contributed by atoms with E-state index in [-0.39, 0.29) is 29.5 Å². The summed E-state index contributed by atoms with van der Waals surface area (Å²) in [4.78, 5) is 23.0. The van der Waals surface area contributed by atoms with Gasteiger partial charge in [-0.2, -0.15) is 5.10 Å². The Morgan fingerprint density at radius 3 is 2.71 bits per heavy atom. The quantitative estimate of drug-likeness (QED) is 0.258. The molecule has 0 bridgehead atoms. The Kier molecular flexibility index (Phi) is 7.21. The van der Waals surface area contributed by atoms with Crippen LogP contribution in [0.5, 0.6) is 11.5 Å². The summed E-state index contributed by atoms with van der Waals surface area (Å²) >= 11 is 3.53. The smallest absolute Gasteiger partial charge is 0.269 e. The molecule has 2 saturated carbocycles. The molecule has 0 spiro atoms. The summed E-state index contributed by atoms with van der Waals surface area (Å²) in [6.45, 7) is 4.76. The molecule has 34 heavy (non-hydrogen) atoms. The number of carbonyl (C=O) groups is 1. The molecule has 0 heterocycles. The van der Waals surface area contributed by atoms with Gasteiger partial charge in [-0.05, 0) is 82.4 Å². The summed E-state index contributed by atoms with van der Waals surface area (Å²) in [5.41, 5.74) is 4.43. The first kappa shape index (κ1) is 24.2. The maximum atomic E-state index is 12.6. The Labute approximate surface area is 207 Å². The van der Waals surface area contributed by atoms with Crippen LogP contribution in [-0.4, -0.2) is 23.7 Å². The Bertz CT molecular complexity index is 1100. The highest BCUT2D eigenvalue weighted by atomic mass is 79.9. The van der Waals surface area contributed by atoms with Crippen LogP contribution in [-0.2, 0) is 11.4 Å². The average Bonchev–Trinajstić information content (AvgIpc) is 3.44. The summed E-state index contributed by atoms with van der Waals surface area (Å²) in [5.74, 6) is 1.61. The topological polar surface area (TPSA) is 103 Å². The van der Waals surface area contributed by atoms with E-state index in [2.05, 4.69) is 33.4 Å². The molecule has 2 aromatic carbocycles. The molecule has 2 aliphatic carbocycles. The minimum Gasteiger partial charge on any atom is -0.490 e. The highest BCUT2D eigenvalue weighted by molar-refractivity contribution is 9.10. The van der Waals surface area contributed by atoms with Crippen molar-refractivity contribution in [3.8, 4) is 11.5 Å². The van der Waals surface area contributed by atoms with E-state index in [4.69, 9.17) is 9.47 Å². The molecule has 0 aromatic heterocycles. The van der Waals surface area contributed by atoms with Crippen molar-refractivity contribution in [1.82, 2.24) is 5.43 Å². The monoisotopic (exact) mass is 529 g/mol. The fourth-order valence-electron chi connectivity index (χ4n) is 5.03. The van der Waals surface area contributed by atoms with Crippen molar-refractivity contribution in [1.29, 1.82) is 0 Å². The van der Waals surface area contributed by atoms with Crippen LogP contribution >= 0.6 is 15.9 Å². The van der Waals surface area contributed by atoms with Gasteiger partial charge in [0.25, 0.3) is 5.69 Å². The van der Waals surface area contributed by atoms with E-state index in [9.17, 15) is 14.9 Å². The van der Waals surface area contributed by atoms with Crippen LogP contribution in [0.15, 0.2) is 46.0 Å². The van der Waals surface area contributed by atoms with Crippen molar-refractivity contribution in [2.75, 3.05) is 6.61 Å². The summed E-state index contributed by atoms with van der Waals surface area (Å²) in [5, 5.41) is 15.0. The number of hydrazone groups is 1. The molecule has 8 nitrogen and oxygen atoms in total. The first-order valence-electron chi connectivity index (χ1n) is 11.5. The highest BCUT2D eigenvalue weighted by Gasteiger charge is 2.64. The standard InChI is InChI=1S/C25H28BrN3O5/c1-3-33-21-13-17(14-27-28-24(30)22-19-6-4-5-11-25(19,22)2)12-20(26)23(21)34-15-16-7-9-18(10-8-16)29(31)32/h7-10,12-14,19,22H,3-6,11,15H2,1-2H3,(H,28,30)/b27-14-/t19-,22+,25-/m1/s1. The highest BCUT2D eigenvalue weighted by Crippen LogP contribution is 2.66. The molecular formula is C25H28BrN3O5. The minimum atomic E-state index is -0.435. The average molecular weight is 530 g/mol. The molecule has 4 rings (SSSR count). The third-order valence-corrected chi connectivity index (χ3v) is 7.45. The lowest BCUT2D eigenvalue weighted by Gasteiger charge is -2.15. The third kappa shape index (κ3) is 5.09. The van der Waals surface area contributed by atoms with Crippen LogP contribution in [0.4, 0.5) is 5.69 Å². The molecule has 2 fully saturated rings. The van der Waals surface area contributed by atoms with Gasteiger partial charge in [-0.3, -0.25) is 14.9 Å². The Hall–Kier alpha value is -2.94. The van der Waals surface area contributed by atoms with Crippen LogP contribution in [0.25, 0.3) is 0 Å². The molecule has 0 radical (unpaired) electrons. The molecule has 0 unspecified atom stereocenters. The van der Waals surface area contributed by atoms with Gasteiger partial charge in [-0.15, -0.1) is 0 Å². The van der Waals surface area contributed by atoms with E-state index in [1.807, 2.05) is 13.0 Å².